The largest absolute Gasteiger partial charge is 0.313 e. The summed E-state index contributed by atoms with van der Waals surface area (Å²) in [5.74, 6) is -0.314. The summed E-state index contributed by atoms with van der Waals surface area (Å²) < 4.78 is 13.9. The van der Waals surface area contributed by atoms with Gasteiger partial charge in [0.05, 0.1) is 0 Å². The average molecular weight is 333 g/mol. The van der Waals surface area contributed by atoms with Crippen LogP contribution >= 0.6 is 34.8 Å². The first-order chi connectivity index (χ1) is 9.49. The molecule has 2 aromatic carbocycles. The van der Waals surface area contributed by atoms with Crippen molar-refractivity contribution in [1.29, 1.82) is 0 Å². The maximum atomic E-state index is 13.9. The zero-order chi connectivity index (χ0) is 14.7. The molecule has 0 amide bonds. The summed E-state index contributed by atoms with van der Waals surface area (Å²) >= 11 is 17.8. The van der Waals surface area contributed by atoms with Gasteiger partial charge in [0, 0.05) is 21.1 Å². The van der Waals surface area contributed by atoms with Crippen LogP contribution in [0.5, 0.6) is 0 Å². The van der Waals surface area contributed by atoms with Crippen LogP contribution in [0.3, 0.4) is 0 Å². The third kappa shape index (κ3) is 3.86. The van der Waals surface area contributed by atoms with E-state index in [2.05, 4.69) is 5.32 Å². The van der Waals surface area contributed by atoms with Gasteiger partial charge in [0.2, 0.25) is 0 Å². The average Bonchev–Trinajstić information content (AvgIpc) is 2.36. The first-order valence-corrected chi connectivity index (χ1v) is 7.20. The van der Waals surface area contributed by atoms with E-state index in [4.69, 9.17) is 34.8 Å². The summed E-state index contributed by atoms with van der Waals surface area (Å²) in [6.07, 6.45) is 0.482. The predicted octanol–water partition coefficient (Wildman–Crippen LogP) is 5.29. The monoisotopic (exact) mass is 331 g/mol. The van der Waals surface area contributed by atoms with Gasteiger partial charge in [-0.05, 0) is 54.9 Å². The first-order valence-electron chi connectivity index (χ1n) is 6.07. The fourth-order valence-electron chi connectivity index (χ4n) is 2.07. The van der Waals surface area contributed by atoms with Gasteiger partial charge in [-0.15, -0.1) is 0 Å². The fourth-order valence-corrected chi connectivity index (χ4v) is 2.77. The van der Waals surface area contributed by atoms with Gasteiger partial charge in [0.1, 0.15) is 5.82 Å². The Bertz CT molecular complexity index is 596. The summed E-state index contributed by atoms with van der Waals surface area (Å²) in [6.45, 7) is 0. The molecule has 1 N–H and O–H groups in total. The highest BCUT2D eigenvalue weighted by Gasteiger charge is 2.14. The maximum absolute atomic E-state index is 13.9. The lowest BCUT2D eigenvalue weighted by molar-refractivity contribution is 0.554. The molecule has 106 valence electrons. The Morgan fingerprint density at radius 1 is 1.00 bits per heavy atom. The molecule has 2 rings (SSSR count). The molecular weight excluding hydrogens is 320 g/mol. The van der Waals surface area contributed by atoms with Gasteiger partial charge in [-0.1, -0.05) is 40.9 Å². The lowest BCUT2D eigenvalue weighted by atomic mass is 9.98. The molecule has 2 aromatic rings. The van der Waals surface area contributed by atoms with Crippen molar-refractivity contribution in [2.45, 2.75) is 12.5 Å². The highest BCUT2D eigenvalue weighted by atomic mass is 35.5. The van der Waals surface area contributed by atoms with Crippen LogP contribution in [0.4, 0.5) is 4.39 Å². The molecule has 1 nitrogen and oxygen atoms in total. The molecule has 0 aromatic heterocycles. The first kappa shape index (κ1) is 15.6. The van der Waals surface area contributed by atoms with Crippen LogP contribution in [0.25, 0.3) is 0 Å². The molecule has 0 heterocycles. The summed E-state index contributed by atoms with van der Waals surface area (Å²) in [4.78, 5) is 0. The third-order valence-electron chi connectivity index (χ3n) is 3.07. The maximum Gasteiger partial charge on any atom is 0.127 e. The summed E-state index contributed by atoms with van der Waals surface area (Å²) in [5, 5.41) is 4.65. The van der Waals surface area contributed by atoms with Gasteiger partial charge in [-0.3, -0.25) is 0 Å². The molecular formula is C15H13Cl3FN. The molecule has 0 bridgehead atoms. The van der Waals surface area contributed by atoms with Crippen LogP contribution in [-0.2, 0) is 6.42 Å². The second kappa shape index (κ2) is 6.77. The Hall–Kier alpha value is -0.800. The van der Waals surface area contributed by atoms with Crippen LogP contribution in [0.1, 0.15) is 17.2 Å². The minimum Gasteiger partial charge on any atom is -0.313 e. The van der Waals surface area contributed by atoms with Gasteiger partial charge in [0.15, 0.2) is 0 Å². The number of benzene rings is 2. The van der Waals surface area contributed by atoms with Crippen molar-refractivity contribution in [2.75, 3.05) is 7.05 Å². The van der Waals surface area contributed by atoms with Crippen LogP contribution in [0, 0.1) is 5.82 Å². The molecule has 5 heteroatoms. The van der Waals surface area contributed by atoms with Gasteiger partial charge >= 0.3 is 0 Å². The van der Waals surface area contributed by atoms with Crippen molar-refractivity contribution < 1.29 is 4.39 Å². The quantitative estimate of drug-likeness (QED) is 0.802. The minimum atomic E-state index is -0.314. The van der Waals surface area contributed by atoms with Crippen molar-refractivity contribution in [3.8, 4) is 0 Å². The summed E-state index contributed by atoms with van der Waals surface area (Å²) in [5.41, 5.74) is 1.50. The fraction of sp³-hybridized carbons (Fsp3) is 0.200. The standard InChI is InChI=1S/C15H13Cl3FN/c1-20-15(10-4-12(17)7-13(18)5-10)6-9-2-3-11(16)8-14(9)19/h2-5,7-8,15,20H,6H2,1H3. The molecule has 0 aliphatic carbocycles. The highest BCUT2D eigenvalue weighted by molar-refractivity contribution is 6.34. The third-order valence-corrected chi connectivity index (χ3v) is 3.75. The molecule has 0 fully saturated rings. The number of hydrogen-bond donors (Lipinski definition) is 1. The number of likely N-dealkylation sites (N-methyl/N-ethyl adjacent to an activating group) is 1. The Morgan fingerprint density at radius 2 is 1.65 bits per heavy atom. The summed E-state index contributed by atoms with van der Waals surface area (Å²) in [6, 6.07) is 9.91. The number of hydrogen-bond acceptors (Lipinski definition) is 1. The second-order valence-electron chi connectivity index (χ2n) is 4.48. The van der Waals surface area contributed by atoms with Gasteiger partial charge in [-0.25, -0.2) is 4.39 Å². The van der Waals surface area contributed by atoms with Crippen molar-refractivity contribution in [3.63, 3.8) is 0 Å². The van der Waals surface area contributed by atoms with Crippen LogP contribution in [0.15, 0.2) is 36.4 Å². The molecule has 0 saturated carbocycles. The lowest BCUT2D eigenvalue weighted by Crippen LogP contribution is -2.19. The van der Waals surface area contributed by atoms with Crippen molar-refractivity contribution in [2.24, 2.45) is 0 Å². The lowest BCUT2D eigenvalue weighted by Gasteiger charge is -2.18. The second-order valence-corrected chi connectivity index (χ2v) is 5.79. The molecule has 1 unspecified atom stereocenters. The van der Waals surface area contributed by atoms with Crippen LogP contribution in [-0.4, -0.2) is 7.05 Å². The smallest absolute Gasteiger partial charge is 0.127 e. The zero-order valence-electron chi connectivity index (χ0n) is 10.8. The van der Waals surface area contributed by atoms with E-state index in [1.165, 1.54) is 6.07 Å². The van der Waals surface area contributed by atoms with E-state index in [9.17, 15) is 4.39 Å². The van der Waals surface area contributed by atoms with Crippen molar-refractivity contribution in [1.82, 2.24) is 5.32 Å². The van der Waals surface area contributed by atoms with Crippen molar-refractivity contribution >= 4 is 34.8 Å². The Morgan fingerprint density at radius 3 is 2.20 bits per heavy atom. The molecule has 0 spiro atoms. The number of rotatable bonds is 4. The molecule has 0 aliphatic heterocycles. The van der Waals surface area contributed by atoms with Crippen LogP contribution < -0.4 is 5.32 Å². The normalized spacial score (nSPS) is 12.4. The highest BCUT2D eigenvalue weighted by Crippen LogP contribution is 2.27. The van der Waals surface area contributed by atoms with E-state index >= 15 is 0 Å². The number of nitrogens with one attached hydrogen (secondary N) is 1. The molecule has 0 saturated heterocycles. The Balaban J connectivity index is 2.28. The van der Waals surface area contributed by atoms with E-state index < -0.39 is 0 Å². The molecule has 20 heavy (non-hydrogen) atoms. The van der Waals surface area contributed by atoms with Crippen LogP contribution in [0.2, 0.25) is 15.1 Å². The van der Waals surface area contributed by atoms with E-state index in [-0.39, 0.29) is 11.9 Å². The molecule has 0 aliphatic rings. The number of halogens is 4. The molecule has 0 radical (unpaired) electrons. The SMILES string of the molecule is CNC(Cc1ccc(Cl)cc1F)c1cc(Cl)cc(Cl)c1. The Kier molecular flexibility index (Phi) is 5.28. The van der Waals surface area contributed by atoms with E-state index in [1.807, 2.05) is 19.2 Å². The van der Waals surface area contributed by atoms with E-state index in [0.29, 0.717) is 27.1 Å². The van der Waals surface area contributed by atoms with Gasteiger partial charge in [0.25, 0.3) is 0 Å². The minimum absolute atomic E-state index is 0.0816. The van der Waals surface area contributed by atoms with Crippen molar-refractivity contribution in [3.05, 3.63) is 68.4 Å². The molecule has 1 atom stereocenters. The van der Waals surface area contributed by atoms with Gasteiger partial charge < -0.3 is 5.32 Å². The van der Waals surface area contributed by atoms with Gasteiger partial charge in [-0.2, -0.15) is 0 Å². The summed E-state index contributed by atoms with van der Waals surface area (Å²) in [7, 11) is 1.81. The zero-order valence-corrected chi connectivity index (χ0v) is 13.0. The Labute approximate surface area is 132 Å². The predicted molar refractivity (Wildman–Crippen MR) is 83.4 cm³/mol. The van der Waals surface area contributed by atoms with E-state index in [0.717, 1.165) is 5.56 Å². The van der Waals surface area contributed by atoms with E-state index in [1.54, 1.807) is 18.2 Å². The topological polar surface area (TPSA) is 12.0 Å².